The third-order valence-electron chi connectivity index (χ3n) is 4.37. The number of hydrogen-bond acceptors (Lipinski definition) is 2. The lowest BCUT2D eigenvalue weighted by Gasteiger charge is -2.30. The Labute approximate surface area is 128 Å². The van der Waals surface area contributed by atoms with E-state index in [1.807, 2.05) is 13.8 Å². The average Bonchev–Trinajstić information content (AvgIpc) is 2.71. The molecule has 2 N–H and O–H groups in total. The normalized spacial score (nSPS) is 17.8. The second-order valence-electron chi connectivity index (χ2n) is 6.15. The number of carboxylic acid groups (broad SMARTS) is 1. The van der Waals surface area contributed by atoms with E-state index in [4.69, 9.17) is 0 Å². The molecule has 0 aromatic carbocycles. The molecule has 1 aliphatic carbocycles. The van der Waals surface area contributed by atoms with Gasteiger partial charge in [-0.05, 0) is 25.7 Å². The molecule has 0 atom stereocenters. The van der Waals surface area contributed by atoms with Crippen molar-refractivity contribution in [2.24, 2.45) is 5.41 Å². The first kappa shape index (κ1) is 17.8. The minimum Gasteiger partial charge on any atom is -0.481 e. The van der Waals surface area contributed by atoms with E-state index in [0.717, 1.165) is 51.6 Å². The molecule has 0 aliphatic heterocycles. The van der Waals surface area contributed by atoms with Crippen LogP contribution in [0.4, 0.5) is 4.79 Å². The van der Waals surface area contributed by atoms with Crippen LogP contribution in [0.1, 0.15) is 65.2 Å². The second kappa shape index (κ2) is 8.90. The summed E-state index contributed by atoms with van der Waals surface area (Å²) >= 11 is 0. The van der Waals surface area contributed by atoms with E-state index in [9.17, 15) is 14.7 Å². The lowest BCUT2D eigenvalue weighted by molar-refractivity contribution is -0.149. The summed E-state index contributed by atoms with van der Waals surface area (Å²) < 4.78 is 0. The molecule has 5 heteroatoms. The number of rotatable bonds is 7. The molecule has 21 heavy (non-hydrogen) atoms. The zero-order valence-corrected chi connectivity index (χ0v) is 13.5. The zero-order valence-electron chi connectivity index (χ0n) is 13.5. The van der Waals surface area contributed by atoms with Gasteiger partial charge in [-0.15, -0.1) is 0 Å². The zero-order chi connectivity index (χ0) is 15.7. The van der Waals surface area contributed by atoms with Gasteiger partial charge in [0.05, 0.1) is 5.41 Å². The van der Waals surface area contributed by atoms with E-state index >= 15 is 0 Å². The molecular formula is C16H30N2O3. The molecule has 2 amide bonds. The van der Waals surface area contributed by atoms with Crippen molar-refractivity contribution >= 4 is 12.0 Å². The van der Waals surface area contributed by atoms with E-state index in [2.05, 4.69) is 5.32 Å². The van der Waals surface area contributed by atoms with Gasteiger partial charge in [0.1, 0.15) is 0 Å². The predicted molar refractivity (Wildman–Crippen MR) is 83.3 cm³/mol. The summed E-state index contributed by atoms with van der Waals surface area (Å²) in [5, 5.41) is 12.5. The Bertz CT molecular complexity index is 330. The fourth-order valence-corrected chi connectivity index (χ4v) is 3.08. The molecule has 0 saturated heterocycles. The maximum Gasteiger partial charge on any atom is 0.317 e. The summed E-state index contributed by atoms with van der Waals surface area (Å²) in [4.78, 5) is 25.7. The van der Waals surface area contributed by atoms with Crippen LogP contribution in [0.3, 0.4) is 0 Å². The highest BCUT2D eigenvalue weighted by Gasteiger charge is 2.39. The molecule has 0 bridgehead atoms. The molecule has 1 rings (SSSR count). The number of urea groups is 1. The number of amides is 2. The Hall–Kier alpha value is -1.26. The Morgan fingerprint density at radius 3 is 2.00 bits per heavy atom. The molecule has 1 saturated carbocycles. The molecule has 122 valence electrons. The fraction of sp³-hybridized carbons (Fsp3) is 0.875. The maximum atomic E-state index is 12.2. The molecule has 5 nitrogen and oxygen atoms in total. The Morgan fingerprint density at radius 1 is 1.05 bits per heavy atom. The Morgan fingerprint density at radius 2 is 1.57 bits per heavy atom. The monoisotopic (exact) mass is 298 g/mol. The summed E-state index contributed by atoms with van der Waals surface area (Å²) in [7, 11) is 0. The molecule has 1 fully saturated rings. The molecule has 0 unspecified atom stereocenters. The van der Waals surface area contributed by atoms with Crippen LogP contribution in [-0.4, -0.2) is 41.6 Å². The number of hydrogen-bond donors (Lipinski definition) is 2. The van der Waals surface area contributed by atoms with Crippen LogP contribution in [0.2, 0.25) is 0 Å². The van der Waals surface area contributed by atoms with Crippen molar-refractivity contribution < 1.29 is 14.7 Å². The topological polar surface area (TPSA) is 69.6 Å². The van der Waals surface area contributed by atoms with Gasteiger partial charge >= 0.3 is 12.0 Å². The SMILES string of the molecule is CCCN(CCC)C(=O)NCC1(C(=O)O)CCCCCC1. The number of nitrogens with zero attached hydrogens (tertiary/aromatic N) is 1. The standard InChI is InChI=1S/C16H30N2O3/c1-3-11-18(12-4-2)15(21)17-13-16(14(19)20)9-7-5-6-8-10-16/h3-13H2,1-2H3,(H,17,21)(H,19,20). The van der Waals surface area contributed by atoms with Gasteiger partial charge in [0.15, 0.2) is 0 Å². The summed E-state index contributed by atoms with van der Waals surface area (Å²) in [6.07, 6.45) is 7.25. The van der Waals surface area contributed by atoms with Crippen molar-refractivity contribution in [2.45, 2.75) is 65.2 Å². The minimum absolute atomic E-state index is 0.122. The number of carbonyl (C=O) groups excluding carboxylic acids is 1. The average molecular weight is 298 g/mol. The molecule has 0 aromatic rings. The second-order valence-corrected chi connectivity index (χ2v) is 6.15. The van der Waals surface area contributed by atoms with Gasteiger partial charge < -0.3 is 15.3 Å². The largest absolute Gasteiger partial charge is 0.481 e. The third-order valence-corrected chi connectivity index (χ3v) is 4.37. The highest BCUT2D eigenvalue weighted by Crippen LogP contribution is 2.34. The van der Waals surface area contributed by atoms with Gasteiger partial charge in [0.2, 0.25) is 0 Å². The number of carboxylic acids is 1. The summed E-state index contributed by atoms with van der Waals surface area (Å²) in [5.41, 5.74) is -0.768. The first-order chi connectivity index (χ1) is 10.1. The van der Waals surface area contributed by atoms with Crippen molar-refractivity contribution in [2.75, 3.05) is 19.6 Å². The van der Waals surface area contributed by atoms with Crippen LogP contribution in [0.5, 0.6) is 0 Å². The van der Waals surface area contributed by atoms with Crippen LogP contribution in [0.15, 0.2) is 0 Å². The molecule has 1 aliphatic rings. The van der Waals surface area contributed by atoms with Crippen LogP contribution in [0.25, 0.3) is 0 Å². The van der Waals surface area contributed by atoms with Crippen molar-refractivity contribution in [3.05, 3.63) is 0 Å². The lowest BCUT2D eigenvalue weighted by atomic mass is 9.80. The van der Waals surface area contributed by atoms with Crippen molar-refractivity contribution in [3.63, 3.8) is 0 Å². The van der Waals surface area contributed by atoms with Crippen LogP contribution in [-0.2, 0) is 4.79 Å². The van der Waals surface area contributed by atoms with Crippen molar-refractivity contribution in [3.8, 4) is 0 Å². The quantitative estimate of drug-likeness (QED) is 0.709. The number of nitrogens with one attached hydrogen (secondary N) is 1. The van der Waals surface area contributed by atoms with Crippen LogP contribution >= 0.6 is 0 Å². The summed E-state index contributed by atoms with van der Waals surface area (Å²) in [6, 6.07) is -0.122. The van der Waals surface area contributed by atoms with Crippen LogP contribution in [0, 0.1) is 5.41 Å². The molecule has 0 aromatic heterocycles. The molecule has 0 heterocycles. The summed E-state index contributed by atoms with van der Waals surface area (Å²) in [5.74, 6) is -0.762. The highest BCUT2D eigenvalue weighted by molar-refractivity contribution is 5.78. The fourth-order valence-electron chi connectivity index (χ4n) is 3.08. The van der Waals surface area contributed by atoms with Gasteiger partial charge in [0.25, 0.3) is 0 Å². The summed E-state index contributed by atoms with van der Waals surface area (Å²) in [6.45, 7) is 5.78. The lowest BCUT2D eigenvalue weighted by Crippen LogP contribution is -2.48. The number of carbonyl (C=O) groups is 2. The van der Waals surface area contributed by atoms with Gasteiger partial charge in [-0.2, -0.15) is 0 Å². The predicted octanol–water partition coefficient (Wildman–Crippen LogP) is 3.24. The van der Waals surface area contributed by atoms with E-state index in [0.29, 0.717) is 12.8 Å². The Kier molecular flexibility index (Phi) is 7.54. The van der Waals surface area contributed by atoms with Gasteiger partial charge in [0, 0.05) is 19.6 Å². The van der Waals surface area contributed by atoms with Crippen molar-refractivity contribution in [1.29, 1.82) is 0 Å². The van der Waals surface area contributed by atoms with Gasteiger partial charge in [-0.3, -0.25) is 4.79 Å². The van der Waals surface area contributed by atoms with E-state index < -0.39 is 11.4 Å². The maximum absolute atomic E-state index is 12.2. The Balaban J connectivity index is 2.63. The minimum atomic E-state index is -0.768. The third kappa shape index (κ3) is 5.21. The van der Waals surface area contributed by atoms with Crippen molar-refractivity contribution in [1.82, 2.24) is 10.2 Å². The van der Waals surface area contributed by atoms with Gasteiger partial charge in [-0.1, -0.05) is 39.5 Å². The van der Waals surface area contributed by atoms with E-state index in [1.165, 1.54) is 0 Å². The highest BCUT2D eigenvalue weighted by atomic mass is 16.4. The molecule has 0 radical (unpaired) electrons. The first-order valence-corrected chi connectivity index (χ1v) is 8.32. The van der Waals surface area contributed by atoms with E-state index in [1.54, 1.807) is 4.90 Å². The first-order valence-electron chi connectivity index (χ1n) is 8.32. The van der Waals surface area contributed by atoms with E-state index in [-0.39, 0.29) is 12.6 Å². The molecular weight excluding hydrogens is 268 g/mol. The molecule has 0 spiro atoms. The smallest absolute Gasteiger partial charge is 0.317 e. The van der Waals surface area contributed by atoms with Gasteiger partial charge in [-0.25, -0.2) is 4.79 Å². The van der Waals surface area contributed by atoms with Crippen LogP contribution < -0.4 is 5.32 Å². The number of aliphatic carboxylic acids is 1.